The van der Waals surface area contributed by atoms with Gasteiger partial charge in [0.25, 0.3) is 0 Å². The van der Waals surface area contributed by atoms with Crippen LogP contribution >= 0.6 is 0 Å². The minimum absolute atomic E-state index is 0.229. The van der Waals surface area contributed by atoms with Crippen molar-refractivity contribution < 1.29 is 9.16 Å². The van der Waals surface area contributed by atoms with Crippen LogP contribution in [0.4, 0.5) is 0 Å². The van der Waals surface area contributed by atoms with E-state index in [0.717, 1.165) is 0 Å². The maximum atomic E-state index is 6.31. The van der Waals surface area contributed by atoms with Crippen LogP contribution < -0.4 is 0 Å². The molecule has 0 amide bonds. The average Bonchev–Trinajstić information content (AvgIpc) is 2.45. The second-order valence-corrected chi connectivity index (χ2v) is 12.5. The van der Waals surface area contributed by atoms with Gasteiger partial charge >= 0.3 is 0 Å². The van der Waals surface area contributed by atoms with Gasteiger partial charge in [0.1, 0.15) is 6.61 Å². The molecule has 0 radical (unpaired) electrons. The van der Waals surface area contributed by atoms with Crippen LogP contribution in [-0.2, 0) is 15.8 Å². The van der Waals surface area contributed by atoms with Gasteiger partial charge in [0.2, 0.25) is 0 Å². The Morgan fingerprint density at radius 3 is 2.22 bits per heavy atom. The van der Waals surface area contributed by atoms with E-state index in [2.05, 4.69) is 59.8 Å². The maximum Gasteiger partial charge on any atom is 0.192 e. The number of hydrogen-bond acceptors (Lipinski definition) is 2. The lowest BCUT2D eigenvalue weighted by molar-refractivity contribution is 0.235. The molecule has 0 spiro atoms. The molecule has 3 heteroatoms. The fourth-order valence-corrected chi connectivity index (χ4v) is 2.63. The number of allylic oxidation sites excluding steroid dienone is 1. The van der Waals surface area contributed by atoms with Crippen LogP contribution in [0.2, 0.25) is 18.1 Å². The molecule has 0 aliphatic heterocycles. The fourth-order valence-electron chi connectivity index (χ4n) is 1.68. The second-order valence-electron chi connectivity index (χ2n) is 7.67. The summed E-state index contributed by atoms with van der Waals surface area (Å²) in [5.74, 6) is 0. The lowest BCUT2D eigenvalue weighted by Gasteiger charge is -2.36. The Labute approximate surface area is 143 Å². The van der Waals surface area contributed by atoms with Crippen molar-refractivity contribution in [2.24, 2.45) is 0 Å². The van der Waals surface area contributed by atoms with E-state index in [1.165, 1.54) is 16.7 Å². The Bertz CT molecular complexity index is 533. The van der Waals surface area contributed by atoms with E-state index in [1.807, 2.05) is 24.3 Å². The van der Waals surface area contributed by atoms with Crippen molar-refractivity contribution in [3.63, 3.8) is 0 Å². The molecule has 1 aromatic rings. The monoisotopic (exact) mass is 332 g/mol. The van der Waals surface area contributed by atoms with Crippen molar-refractivity contribution in [3.05, 3.63) is 59.4 Å². The minimum Gasteiger partial charge on any atom is -0.497 e. The molecule has 0 aliphatic carbocycles. The van der Waals surface area contributed by atoms with Gasteiger partial charge in [-0.3, -0.25) is 0 Å². The highest BCUT2D eigenvalue weighted by Crippen LogP contribution is 2.36. The number of hydrogen-bond donors (Lipinski definition) is 0. The van der Waals surface area contributed by atoms with E-state index in [9.17, 15) is 0 Å². The SMILES string of the molecule is CC(C)=C(/C=C/OCc1ccccc1)CO[Si](C)(C)C(C)(C)C. The lowest BCUT2D eigenvalue weighted by Crippen LogP contribution is -2.41. The summed E-state index contributed by atoms with van der Waals surface area (Å²) in [6.07, 6.45) is 3.82. The van der Waals surface area contributed by atoms with E-state index in [1.54, 1.807) is 6.26 Å². The third-order valence-electron chi connectivity index (χ3n) is 4.50. The molecular formula is C20H32O2Si. The molecule has 0 N–H and O–H groups in total. The summed E-state index contributed by atoms with van der Waals surface area (Å²) in [6, 6.07) is 10.2. The predicted molar refractivity (Wildman–Crippen MR) is 102 cm³/mol. The molecule has 23 heavy (non-hydrogen) atoms. The zero-order valence-corrected chi connectivity index (χ0v) is 16.8. The highest BCUT2D eigenvalue weighted by Gasteiger charge is 2.37. The van der Waals surface area contributed by atoms with Gasteiger partial charge in [-0.2, -0.15) is 0 Å². The molecule has 1 rings (SSSR count). The molecule has 128 valence electrons. The first kappa shape index (κ1) is 19.7. The van der Waals surface area contributed by atoms with Gasteiger partial charge in [-0.15, -0.1) is 0 Å². The molecule has 0 bridgehead atoms. The van der Waals surface area contributed by atoms with Crippen molar-refractivity contribution in [2.75, 3.05) is 6.61 Å². The Hall–Kier alpha value is -1.32. The van der Waals surface area contributed by atoms with E-state index < -0.39 is 8.32 Å². The summed E-state index contributed by atoms with van der Waals surface area (Å²) in [4.78, 5) is 0. The average molecular weight is 333 g/mol. The van der Waals surface area contributed by atoms with Crippen molar-refractivity contribution in [3.8, 4) is 0 Å². The molecule has 0 saturated carbocycles. The molecule has 0 heterocycles. The first-order valence-electron chi connectivity index (χ1n) is 8.26. The molecule has 2 nitrogen and oxygen atoms in total. The van der Waals surface area contributed by atoms with Crippen molar-refractivity contribution in [1.29, 1.82) is 0 Å². The van der Waals surface area contributed by atoms with E-state index in [4.69, 9.17) is 9.16 Å². The molecule has 0 aliphatic rings. The van der Waals surface area contributed by atoms with Crippen molar-refractivity contribution >= 4 is 8.32 Å². The number of rotatable bonds is 7. The molecule has 0 fully saturated rings. The fraction of sp³-hybridized carbons (Fsp3) is 0.500. The zero-order chi connectivity index (χ0) is 17.5. The largest absolute Gasteiger partial charge is 0.497 e. The molecule has 0 saturated heterocycles. The van der Waals surface area contributed by atoms with Crippen LogP contribution in [0, 0.1) is 0 Å². The van der Waals surface area contributed by atoms with Gasteiger partial charge in [-0.25, -0.2) is 0 Å². The summed E-state index contributed by atoms with van der Waals surface area (Å²) < 4.78 is 11.9. The molecule has 0 aromatic heterocycles. The summed E-state index contributed by atoms with van der Waals surface area (Å²) >= 11 is 0. The molecule has 0 atom stereocenters. The third-order valence-corrected chi connectivity index (χ3v) is 8.97. The quantitative estimate of drug-likeness (QED) is 0.342. The van der Waals surface area contributed by atoms with Crippen LogP contribution in [0.1, 0.15) is 40.2 Å². The van der Waals surface area contributed by atoms with E-state index in [0.29, 0.717) is 13.2 Å². The molecular weight excluding hydrogens is 300 g/mol. The smallest absolute Gasteiger partial charge is 0.192 e. The van der Waals surface area contributed by atoms with Crippen molar-refractivity contribution in [1.82, 2.24) is 0 Å². The first-order valence-corrected chi connectivity index (χ1v) is 11.2. The summed E-state index contributed by atoms with van der Waals surface area (Å²) in [7, 11) is -1.72. The summed E-state index contributed by atoms with van der Waals surface area (Å²) in [5.41, 5.74) is 3.64. The van der Waals surface area contributed by atoms with Gasteiger partial charge in [-0.05, 0) is 49.2 Å². The third kappa shape index (κ3) is 6.75. The normalized spacial score (nSPS) is 12.5. The van der Waals surface area contributed by atoms with Crippen LogP contribution in [0.5, 0.6) is 0 Å². The van der Waals surface area contributed by atoms with Crippen LogP contribution in [0.3, 0.4) is 0 Å². The summed E-state index contributed by atoms with van der Waals surface area (Å²) in [6.45, 7) is 16.8. The topological polar surface area (TPSA) is 18.5 Å². The second kappa shape index (κ2) is 8.51. The van der Waals surface area contributed by atoms with Crippen LogP contribution in [0.25, 0.3) is 0 Å². The summed E-state index contributed by atoms with van der Waals surface area (Å²) in [5, 5.41) is 0.229. The van der Waals surface area contributed by atoms with Gasteiger partial charge in [0, 0.05) is 0 Å². The van der Waals surface area contributed by atoms with E-state index >= 15 is 0 Å². The Balaban J connectivity index is 2.57. The zero-order valence-electron chi connectivity index (χ0n) is 15.8. The van der Waals surface area contributed by atoms with Crippen molar-refractivity contribution in [2.45, 2.75) is 59.4 Å². The van der Waals surface area contributed by atoms with Crippen LogP contribution in [0.15, 0.2) is 53.8 Å². The van der Waals surface area contributed by atoms with Gasteiger partial charge in [0.15, 0.2) is 8.32 Å². The molecule has 0 unspecified atom stereocenters. The Morgan fingerprint density at radius 2 is 1.70 bits per heavy atom. The predicted octanol–water partition coefficient (Wildman–Crippen LogP) is 6.08. The first-order chi connectivity index (χ1) is 10.6. The highest BCUT2D eigenvalue weighted by molar-refractivity contribution is 6.74. The Kier molecular flexibility index (Phi) is 7.29. The number of benzene rings is 1. The van der Waals surface area contributed by atoms with Crippen LogP contribution in [-0.4, -0.2) is 14.9 Å². The molecule has 1 aromatic carbocycles. The number of ether oxygens (including phenoxy) is 1. The van der Waals surface area contributed by atoms with Gasteiger partial charge in [-0.1, -0.05) is 56.7 Å². The highest BCUT2D eigenvalue weighted by atomic mass is 28.4. The van der Waals surface area contributed by atoms with Gasteiger partial charge < -0.3 is 9.16 Å². The minimum atomic E-state index is -1.72. The lowest BCUT2D eigenvalue weighted by atomic mass is 10.1. The Morgan fingerprint density at radius 1 is 1.09 bits per heavy atom. The van der Waals surface area contributed by atoms with Gasteiger partial charge in [0.05, 0.1) is 12.9 Å². The van der Waals surface area contributed by atoms with E-state index in [-0.39, 0.29) is 5.04 Å². The maximum absolute atomic E-state index is 6.31. The standard InChI is InChI=1S/C20H32O2Si/c1-17(2)19(16-22-23(6,7)20(3,4)5)13-14-21-15-18-11-9-8-10-12-18/h8-14H,15-16H2,1-7H3/b14-13+.